The normalized spacial score (nSPS) is 18.0. The van der Waals surface area contributed by atoms with E-state index < -0.39 is 57.7 Å². The topological polar surface area (TPSA) is 184 Å². The first kappa shape index (κ1) is 53.6. The van der Waals surface area contributed by atoms with Gasteiger partial charge in [0.2, 0.25) is 0 Å². The molecule has 0 aromatic carbocycles. The molecule has 1 rings (SSSR count). The molecular formula is C46H74NO11P. The number of hydrogen-bond acceptors (Lipinski definition) is 10. The molecule has 0 aliphatic carbocycles. The number of allylic oxidation sites excluding steroid dienone is 12. The van der Waals surface area contributed by atoms with E-state index in [4.69, 9.17) is 29.6 Å². The van der Waals surface area contributed by atoms with Crippen LogP contribution >= 0.6 is 7.82 Å². The Bertz CT molecular complexity index is 1390. The van der Waals surface area contributed by atoms with Crippen LogP contribution in [0.1, 0.15) is 142 Å². The van der Waals surface area contributed by atoms with Gasteiger partial charge in [0.1, 0.15) is 12.6 Å². The van der Waals surface area contributed by atoms with Gasteiger partial charge < -0.3 is 29.9 Å². The standard InChI is InChI=1S/C46H74NO11P/c1-3-5-7-9-11-12-13-14-15-16-17-18-19-20-23-28-32-36-45(49)57-40(38-55-59(52,53)56-39-41(47)46(50)51)37-54-44(48)35-31-27-24-21-22-26-30-34-43-42(58-43)33-29-25-10-8-6-4-2/h11-12,14-15,17-18,20-21,23-26,29-30,40-43H,3-10,13,16,19,22,27-28,31-39,47H2,1-2H3,(H,50,51)(H,52,53)/b12-11-,15-14-,18-17-,23-20-,24-21-,29-25-,30-26-/t40-,41+,42?,43?/m1/s1. The summed E-state index contributed by atoms with van der Waals surface area (Å²) in [4.78, 5) is 45.9. The van der Waals surface area contributed by atoms with Gasteiger partial charge in [0.15, 0.2) is 6.10 Å². The van der Waals surface area contributed by atoms with Crippen molar-refractivity contribution >= 4 is 25.7 Å². The quantitative estimate of drug-likeness (QED) is 0.0176. The van der Waals surface area contributed by atoms with E-state index in [-0.39, 0.29) is 12.8 Å². The smallest absolute Gasteiger partial charge is 0.472 e. The monoisotopic (exact) mass is 847 g/mol. The molecule has 4 N–H and O–H groups in total. The van der Waals surface area contributed by atoms with Crippen LogP contribution in [0.5, 0.6) is 0 Å². The van der Waals surface area contributed by atoms with Crippen molar-refractivity contribution in [3.63, 3.8) is 0 Å². The van der Waals surface area contributed by atoms with Crippen LogP contribution in [0.25, 0.3) is 0 Å². The zero-order valence-corrected chi connectivity index (χ0v) is 36.6. The molecule has 0 aromatic heterocycles. The molecule has 0 radical (unpaired) electrons. The highest BCUT2D eigenvalue weighted by molar-refractivity contribution is 7.47. The number of carbonyl (C=O) groups is 3. The zero-order chi connectivity index (χ0) is 43.2. The highest BCUT2D eigenvalue weighted by Gasteiger charge is 2.36. The lowest BCUT2D eigenvalue weighted by Crippen LogP contribution is -2.34. The number of esters is 2. The number of carbonyl (C=O) groups excluding carboxylic acids is 2. The van der Waals surface area contributed by atoms with E-state index in [0.717, 1.165) is 51.4 Å². The number of phosphoric acid groups is 1. The first-order valence-corrected chi connectivity index (χ1v) is 23.2. The molecule has 1 aliphatic rings. The van der Waals surface area contributed by atoms with Crippen LogP contribution in [0, 0.1) is 0 Å². The molecule has 0 amide bonds. The van der Waals surface area contributed by atoms with E-state index in [1.54, 1.807) is 0 Å². The molecule has 59 heavy (non-hydrogen) atoms. The Balaban J connectivity index is 2.38. The molecule has 12 nitrogen and oxygen atoms in total. The van der Waals surface area contributed by atoms with Gasteiger partial charge in [0.05, 0.1) is 25.4 Å². The Morgan fingerprint density at radius 1 is 0.610 bits per heavy atom. The first-order chi connectivity index (χ1) is 28.6. The highest BCUT2D eigenvalue weighted by Crippen LogP contribution is 2.43. The van der Waals surface area contributed by atoms with Crippen LogP contribution in [-0.2, 0) is 42.2 Å². The van der Waals surface area contributed by atoms with E-state index in [2.05, 4.69) is 79.1 Å². The van der Waals surface area contributed by atoms with E-state index in [0.29, 0.717) is 37.9 Å². The fourth-order valence-electron chi connectivity index (χ4n) is 5.44. The van der Waals surface area contributed by atoms with Crippen molar-refractivity contribution in [1.82, 2.24) is 0 Å². The summed E-state index contributed by atoms with van der Waals surface area (Å²) in [6.45, 7) is 2.60. The second kappa shape index (κ2) is 36.5. The molecule has 1 saturated heterocycles. The SMILES string of the molecule is CCCCC/C=C\C/C=C\C/C=C\C/C=C\CCCC(=O)O[C@H](COC(=O)CCC/C=C\C/C=C\CC1OC1C/C=C\CCCCC)COP(=O)(O)OC[C@H](N)C(=O)O. The molecular weight excluding hydrogens is 773 g/mol. The minimum Gasteiger partial charge on any atom is -0.480 e. The number of aliphatic carboxylic acids is 1. The lowest BCUT2D eigenvalue weighted by atomic mass is 10.1. The average molecular weight is 848 g/mol. The van der Waals surface area contributed by atoms with Crippen LogP contribution in [0.2, 0.25) is 0 Å². The Morgan fingerprint density at radius 3 is 1.54 bits per heavy atom. The summed E-state index contributed by atoms with van der Waals surface area (Å²) in [6.07, 6.45) is 46.9. The molecule has 1 heterocycles. The molecule has 3 unspecified atom stereocenters. The number of nitrogens with two attached hydrogens (primary N) is 1. The maximum atomic E-state index is 12.6. The maximum Gasteiger partial charge on any atom is 0.472 e. The van der Waals surface area contributed by atoms with Crippen molar-refractivity contribution in [1.29, 1.82) is 0 Å². The van der Waals surface area contributed by atoms with Crippen molar-refractivity contribution < 1.29 is 52.2 Å². The lowest BCUT2D eigenvalue weighted by Gasteiger charge is -2.20. The Kier molecular flexibility index (Phi) is 33.2. The fourth-order valence-corrected chi connectivity index (χ4v) is 6.22. The number of phosphoric ester groups is 1. The largest absolute Gasteiger partial charge is 0.480 e. The number of rotatable bonds is 38. The van der Waals surface area contributed by atoms with Crippen molar-refractivity contribution in [2.75, 3.05) is 19.8 Å². The van der Waals surface area contributed by atoms with Crippen molar-refractivity contribution in [2.45, 2.75) is 167 Å². The average Bonchev–Trinajstić information content (AvgIpc) is 3.97. The summed E-state index contributed by atoms with van der Waals surface area (Å²) in [5, 5.41) is 8.89. The number of ether oxygens (including phenoxy) is 3. The van der Waals surface area contributed by atoms with Crippen LogP contribution in [0.3, 0.4) is 0 Å². The molecule has 13 heteroatoms. The first-order valence-electron chi connectivity index (χ1n) is 21.7. The van der Waals surface area contributed by atoms with Crippen molar-refractivity contribution in [3.8, 4) is 0 Å². The third-order valence-electron chi connectivity index (χ3n) is 9.02. The molecule has 5 atom stereocenters. The second-order valence-electron chi connectivity index (χ2n) is 14.5. The van der Waals surface area contributed by atoms with Gasteiger partial charge in [-0.25, -0.2) is 4.57 Å². The molecule has 0 spiro atoms. The van der Waals surface area contributed by atoms with E-state index in [9.17, 15) is 23.8 Å². The summed E-state index contributed by atoms with van der Waals surface area (Å²) in [5.41, 5.74) is 5.33. The van der Waals surface area contributed by atoms with Crippen LogP contribution in [-0.4, -0.2) is 72.1 Å². The summed E-state index contributed by atoms with van der Waals surface area (Å²) < 4.78 is 38.3. The molecule has 1 fully saturated rings. The number of carboxylic acid groups (broad SMARTS) is 1. The van der Waals surface area contributed by atoms with E-state index >= 15 is 0 Å². The maximum absolute atomic E-state index is 12.6. The Labute approximate surface area is 354 Å². The molecule has 0 aromatic rings. The molecule has 0 bridgehead atoms. The van der Waals surface area contributed by atoms with Crippen molar-refractivity contribution in [3.05, 3.63) is 85.1 Å². The Hall–Kier alpha value is -3.38. The van der Waals surface area contributed by atoms with Gasteiger partial charge in [-0.15, -0.1) is 0 Å². The van der Waals surface area contributed by atoms with Crippen LogP contribution in [0.4, 0.5) is 0 Å². The van der Waals surface area contributed by atoms with Crippen LogP contribution in [0.15, 0.2) is 85.1 Å². The van der Waals surface area contributed by atoms with Gasteiger partial charge >= 0.3 is 25.7 Å². The van der Waals surface area contributed by atoms with Gasteiger partial charge in [-0.05, 0) is 89.9 Å². The third-order valence-corrected chi connectivity index (χ3v) is 9.97. The summed E-state index contributed by atoms with van der Waals surface area (Å²) in [5.74, 6) is -2.54. The lowest BCUT2D eigenvalue weighted by molar-refractivity contribution is -0.161. The summed E-state index contributed by atoms with van der Waals surface area (Å²) in [7, 11) is -4.75. The predicted octanol–water partition coefficient (Wildman–Crippen LogP) is 10.5. The molecule has 334 valence electrons. The fraction of sp³-hybridized carbons (Fsp3) is 0.630. The third kappa shape index (κ3) is 34.1. The molecule has 0 saturated carbocycles. The minimum absolute atomic E-state index is 0.0659. The van der Waals surface area contributed by atoms with Gasteiger partial charge in [-0.3, -0.25) is 23.4 Å². The van der Waals surface area contributed by atoms with Gasteiger partial charge in [-0.2, -0.15) is 0 Å². The molecule has 1 aliphatic heterocycles. The second-order valence-corrected chi connectivity index (χ2v) is 16.0. The summed E-state index contributed by atoms with van der Waals surface area (Å²) >= 11 is 0. The minimum atomic E-state index is -4.75. The van der Waals surface area contributed by atoms with Gasteiger partial charge in [-0.1, -0.05) is 125 Å². The van der Waals surface area contributed by atoms with E-state index in [1.165, 1.54) is 38.5 Å². The zero-order valence-electron chi connectivity index (χ0n) is 35.7. The highest BCUT2D eigenvalue weighted by atomic mass is 31.2. The van der Waals surface area contributed by atoms with Gasteiger partial charge in [0.25, 0.3) is 0 Å². The predicted molar refractivity (Wildman–Crippen MR) is 235 cm³/mol. The number of unbranched alkanes of at least 4 members (excludes halogenated alkanes) is 8. The number of carboxylic acids is 1. The van der Waals surface area contributed by atoms with Crippen LogP contribution < -0.4 is 5.73 Å². The Morgan fingerprint density at radius 2 is 1.03 bits per heavy atom. The number of hydrogen-bond donors (Lipinski definition) is 3. The number of epoxide rings is 1. The van der Waals surface area contributed by atoms with Crippen molar-refractivity contribution in [2.24, 2.45) is 5.73 Å². The van der Waals surface area contributed by atoms with Gasteiger partial charge in [0, 0.05) is 12.8 Å². The van der Waals surface area contributed by atoms with E-state index in [1.807, 2.05) is 24.3 Å². The summed E-state index contributed by atoms with van der Waals surface area (Å²) in [6, 6.07) is -1.54.